The lowest BCUT2D eigenvalue weighted by Gasteiger charge is -2.06. The first kappa shape index (κ1) is 12.6. The van der Waals surface area contributed by atoms with Crippen LogP contribution in [0.2, 0.25) is 5.02 Å². The van der Waals surface area contributed by atoms with Gasteiger partial charge in [-0.3, -0.25) is 0 Å². The van der Waals surface area contributed by atoms with Crippen molar-refractivity contribution in [2.75, 3.05) is 13.1 Å². The second kappa shape index (κ2) is 6.19. The minimum Gasteiger partial charge on any atom is -0.313 e. The molecule has 0 aromatic heterocycles. The maximum absolute atomic E-state index is 6.06. The van der Waals surface area contributed by atoms with Crippen molar-refractivity contribution < 1.29 is 0 Å². The number of rotatable bonds is 6. The first-order valence-electron chi connectivity index (χ1n) is 5.64. The van der Waals surface area contributed by atoms with Crippen molar-refractivity contribution in [1.82, 2.24) is 10.6 Å². The predicted molar refractivity (Wildman–Crippen MR) is 76.9 cm³/mol. The summed E-state index contributed by atoms with van der Waals surface area (Å²) < 4.78 is 1.11. The van der Waals surface area contributed by atoms with Crippen LogP contribution in [-0.4, -0.2) is 19.1 Å². The van der Waals surface area contributed by atoms with Crippen LogP contribution in [0.5, 0.6) is 0 Å². The van der Waals surface area contributed by atoms with E-state index in [0.717, 1.165) is 34.3 Å². The first-order valence-corrected chi connectivity index (χ1v) is 7.09. The molecule has 16 heavy (non-hydrogen) atoms. The summed E-state index contributed by atoms with van der Waals surface area (Å²) in [5.74, 6) is 0. The highest BCUT2D eigenvalue weighted by Gasteiger charge is 2.19. The highest BCUT2D eigenvalue weighted by atomic mass is 127. The maximum Gasteiger partial charge on any atom is 0.0542 e. The summed E-state index contributed by atoms with van der Waals surface area (Å²) in [6.07, 6.45) is 2.71. The summed E-state index contributed by atoms with van der Waals surface area (Å²) in [4.78, 5) is 0. The molecule has 1 aromatic carbocycles. The first-order chi connectivity index (χ1) is 7.75. The molecule has 2 rings (SSSR count). The zero-order chi connectivity index (χ0) is 11.4. The van der Waals surface area contributed by atoms with E-state index in [2.05, 4.69) is 45.4 Å². The van der Waals surface area contributed by atoms with Crippen molar-refractivity contribution in [3.8, 4) is 0 Å². The smallest absolute Gasteiger partial charge is 0.0542 e. The molecule has 0 unspecified atom stereocenters. The van der Waals surface area contributed by atoms with Gasteiger partial charge < -0.3 is 10.6 Å². The molecule has 0 spiro atoms. The zero-order valence-electron chi connectivity index (χ0n) is 9.10. The fourth-order valence-corrected chi connectivity index (χ4v) is 2.07. The summed E-state index contributed by atoms with van der Waals surface area (Å²) >= 11 is 8.30. The van der Waals surface area contributed by atoms with E-state index in [1.165, 1.54) is 18.4 Å². The van der Waals surface area contributed by atoms with Gasteiger partial charge >= 0.3 is 0 Å². The van der Waals surface area contributed by atoms with Crippen LogP contribution in [0, 0.1) is 3.57 Å². The summed E-state index contributed by atoms with van der Waals surface area (Å²) in [6.45, 7) is 2.96. The topological polar surface area (TPSA) is 24.1 Å². The molecular weight excluding hydrogens is 335 g/mol. The Kier molecular flexibility index (Phi) is 4.88. The van der Waals surface area contributed by atoms with Gasteiger partial charge in [0.25, 0.3) is 0 Å². The Bertz CT molecular complexity index is 353. The fraction of sp³-hybridized carbons (Fsp3) is 0.500. The summed E-state index contributed by atoms with van der Waals surface area (Å²) in [5.41, 5.74) is 1.25. The third-order valence-electron chi connectivity index (χ3n) is 2.63. The second-order valence-corrected chi connectivity index (χ2v) is 5.72. The second-order valence-electron chi connectivity index (χ2n) is 4.15. The molecular formula is C12H16ClIN2. The molecule has 1 fully saturated rings. The largest absolute Gasteiger partial charge is 0.313 e. The normalized spacial score (nSPS) is 15.4. The molecule has 4 heteroatoms. The molecule has 0 amide bonds. The number of benzene rings is 1. The lowest BCUT2D eigenvalue weighted by atomic mass is 10.2. The Hall–Kier alpha value is 0.160. The van der Waals surface area contributed by atoms with Gasteiger partial charge in [-0.05, 0) is 53.1 Å². The van der Waals surface area contributed by atoms with Crippen molar-refractivity contribution >= 4 is 34.2 Å². The molecule has 1 aromatic rings. The van der Waals surface area contributed by atoms with Crippen LogP contribution in [0.4, 0.5) is 0 Å². The summed E-state index contributed by atoms with van der Waals surface area (Å²) in [7, 11) is 0. The molecule has 0 radical (unpaired) electrons. The molecule has 0 heterocycles. The van der Waals surface area contributed by atoms with E-state index in [9.17, 15) is 0 Å². The van der Waals surface area contributed by atoms with E-state index in [-0.39, 0.29) is 0 Å². The summed E-state index contributed by atoms with van der Waals surface area (Å²) in [6, 6.07) is 7.01. The zero-order valence-corrected chi connectivity index (χ0v) is 12.0. The van der Waals surface area contributed by atoms with Crippen molar-refractivity contribution in [3.05, 3.63) is 32.4 Å². The van der Waals surface area contributed by atoms with Crippen molar-refractivity contribution in [2.24, 2.45) is 0 Å². The molecule has 88 valence electrons. The average Bonchev–Trinajstić information content (AvgIpc) is 3.07. The standard InChI is InChI=1S/C12H16ClIN2/c13-11-7-9(1-4-12(11)14)8-15-5-6-16-10-2-3-10/h1,4,7,10,15-16H,2-3,5-6,8H2. The van der Waals surface area contributed by atoms with Crippen LogP contribution in [0.15, 0.2) is 18.2 Å². The van der Waals surface area contributed by atoms with Gasteiger partial charge in [0.05, 0.1) is 5.02 Å². The van der Waals surface area contributed by atoms with Crippen molar-refractivity contribution in [1.29, 1.82) is 0 Å². The van der Waals surface area contributed by atoms with Gasteiger partial charge in [0.1, 0.15) is 0 Å². The van der Waals surface area contributed by atoms with E-state index >= 15 is 0 Å². The molecule has 1 saturated carbocycles. The van der Waals surface area contributed by atoms with E-state index in [4.69, 9.17) is 11.6 Å². The van der Waals surface area contributed by atoms with Crippen LogP contribution in [-0.2, 0) is 6.54 Å². The van der Waals surface area contributed by atoms with E-state index in [1.807, 2.05) is 6.07 Å². The predicted octanol–water partition coefficient (Wildman–Crippen LogP) is 2.79. The monoisotopic (exact) mass is 350 g/mol. The molecule has 1 aliphatic rings. The minimum atomic E-state index is 0.801. The highest BCUT2D eigenvalue weighted by Crippen LogP contribution is 2.19. The molecule has 0 atom stereocenters. The third-order valence-corrected chi connectivity index (χ3v) is 4.20. The van der Waals surface area contributed by atoms with Crippen LogP contribution in [0.1, 0.15) is 18.4 Å². The maximum atomic E-state index is 6.06. The van der Waals surface area contributed by atoms with Crippen LogP contribution in [0.3, 0.4) is 0 Å². The van der Waals surface area contributed by atoms with Gasteiger partial charge in [-0.1, -0.05) is 17.7 Å². The number of halogens is 2. The SMILES string of the molecule is Clc1cc(CNCCNC2CC2)ccc1I. The molecule has 0 bridgehead atoms. The number of hydrogen-bond donors (Lipinski definition) is 2. The fourth-order valence-electron chi connectivity index (χ4n) is 1.53. The van der Waals surface area contributed by atoms with Gasteiger partial charge in [-0.2, -0.15) is 0 Å². The third kappa shape index (κ3) is 4.20. The van der Waals surface area contributed by atoms with E-state index in [0.29, 0.717) is 0 Å². The van der Waals surface area contributed by atoms with Gasteiger partial charge in [0.15, 0.2) is 0 Å². The van der Waals surface area contributed by atoms with Gasteiger partial charge in [-0.25, -0.2) is 0 Å². The number of nitrogens with one attached hydrogen (secondary N) is 2. The van der Waals surface area contributed by atoms with Gasteiger partial charge in [0.2, 0.25) is 0 Å². The van der Waals surface area contributed by atoms with Gasteiger partial charge in [-0.15, -0.1) is 0 Å². The lowest BCUT2D eigenvalue weighted by molar-refractivity contribution is 0.608. The minimum absolute atomic E-state index is 0.801. The highest BCUT2D eigenvalue weighted by molar-refractivity contribution is 14.1. The average molecular weight is 351 g/mol. The molecule has 0 saturated heterocycles. The Labute approximate surface area is 115 Å². The van der Waals surface area contributed by atoms with Crippen molar-refractivity contribution in [3.63, 3.8) is 0 Å². The van der Waals surface area contributed by atoms with E-state index in [1.54, 1.807) is 0 Å². The Morgan fingerprint density at radius 2 is 2.12 bits per heavy atom. The Morgan fingerprint density at radius 3 is 2.81 bits per heavy atom. The van der Waals surface area contributed by atoms with Crippen LogP contribution in [0.25, 0.3) is 0 Å². The molecule has 2 nitrogen and oxygen atoms in total. The summed E-state index contributed by atoms with van der Waals surface area (Å²) in [5, 5.41) is 7.73. The molecule has 0 aliphatic heterocycles. The quantitative estimate of drug-likeness (QED) is 0.609. The van der Waals surface area contributed by atoms with Crippen molar-refractivity contribution in [2.45, 2.75) is 25.4 Å². The molecule has 1 aliphatic carbocycles. The lowest BCUT2D eigenvalue weighted by Crippen LogP contribution is -2.28. The van der Waals surface area contributed by atoms with Gasteiger partial charge in [0, 0.05) is 29.2 Å². The Balaban J connectivity index is 1.65. The number of hydrogen-bond acceptors (Lipinski definition) is 2. The Morgan fingerprint density at radius 1 is 1.31 bits per heavy atom. The van der Waals surface area contributed by atoms with Crippen LogP contribution < -0.4 is 10.6 Å². The molecule has 2 N–H and O–H groups in total. The van der Waals surface area contributed by atoms with E-state index < -0.39 is 0 Å². The van der Waals surface area contributed by atoms with Crippen LogP contribution >= 0.6 is 34.2 Å².